The molecule has 0 unspecified atom stereocenters. The summed E-state index contributed by atoms with van der Waals surface area (Å²) in [6.45, 7) is 3.81. The second-order valence-electron chi connectivity index (χ2n) is 6.49. The Morgan fingerprint density at radius 3 is 1.59 bits per heavy atom. The molecule has 0 fully saturated rings. The van der Waals surface area contributed by atoms with E-state index in [2.05, 4.69) is 9.44 Å². The maximum Gasteiger partial charge on any atom is 0.261 e. The van der Waals surface area contributed by atoms with E-state index in [0.29, 0.717) is 5.69 Å². The van der Waals surface area contributed by atoms with Crippen LogP contribution < -0.4 is 9.44 Å². The van der Waals surface area contributed by atoms with Crippen LogP contribution in [0.4, 0.5) is 15.8 Å². The summed E-state index contributed by atoms with van der Waals surface area (Å²) in [6, 6.07) is 14.9. The predicted octanol–water partition coefficient (Wildman–Crippen LogP) is 4.04. The Hall–Kier alpha value is -2.91. The number of anilines is 2. The number of benzene rings is 3. The minimum absolute atomic E-state index is 0.0135. The summed E-state index contributed by atoms with van der Waals surface area (Å²) in [5, 5.41) is 0. The quantitative estimate of drug-likeness (QED) is 0.612. The molecule has 0 heterocycles. The van der Waals surface area contributed by atoms with Crippen molar-refractivity contribution in [3.05, 3.63) is 83.7 Å². The molecule has 0 saturated carbocycles. The van der Waals surface area contributed by atoms with E-state index in [1.807, 2.05) is 19.9 Å². The van der Waals surface area contributed by atoms with Crippen LogP contribution in [0.15, 0.2) is 76.5 Å². The fourth-order valence-electron chi connectivity index (χ4n) is 2.55. The third-order valence-electron chi connectivity index (χ3n) is 4.30. The van der Waals surface area contributed by atoms with Crippen LogP contribution in [-0.4, -0.2) is 16.8 Å². The van der Waals surface area contributed by atoms with Gasteiger partial charge < -0.3 is 0 Å². The second kappa shape index (κ2) is 7.84. The van der Waals surface area contributed by atoms with Crippen molar-refractivity contribution in [2.75, 3.05) is 9.44 Å². The molecule has 0 spiro atoms. The van der Waals surface area contributed by atoms with E-state index in [0.717, 1.165) is 35.4 Å². The number of hydrogen-bond donors (Lipinski definition) is 2. The van der Waals surface area contributed by atoms with Crippen LogP contribution in [0.5, 0.6) is 0 Å². The molecule has 3 aromatic carbocycles. The second-order valence-corrected chi connectivity index (χ2v) is 9.85. The van der Waals surface area contributed by atoms with Gasteiger partial charge in [-0.05, 0) is 85.6 Å². The predicted molar refractivity (Wildman–Crippen MR) is 110 cm³/mol. The Morgan fingerprint density at radius 2 is 1.07 bits per heavy atom. The summed E-state index contributed by atoms with van der Waals surface area (Å²) < 4.78 is 67.6. The van der Waals surface area contributed by atoms with Gasteiger partial charge in [0, 0.05) is 11.4 Å². The summed E-state index contributed by atoms with van der Waals surface area (Å²) in [5.74, 6) is -0.547. The third-order valence-corrected chi connectivity index (χ3v) is 7.09. The molecule has 0 atom stereocenters. The molecule has 0 aliphatic rings. The highest BCUT2D eigenvalue weighted by molar-refractivity contribution is 7.93. The van der Waals surface area contributed by atoms with Crippen LogP contribution in [0.2, 0.25) is 0 Å². The largest absolute Gasteiger partial charge is 0.280 e. The number of sulfonamides is 2. The van der Waals surface area contributed by atoms with Gasteiger partial charge in [-0.25, -0.2) is 21.2 Å². The molecule has 2 N–H and O–H groups in total. The zero-order valence-corrected chi connectivity index (χ0v) is 17.3. The Bertz CT molecular complexity index is 1240. The minimum atomic E-state index is -3.92. The zero-order chi connectivity index (χ0) is 21.2. The van der Waals surface area contributed by atoms with Gasteiger partial charge in [0.2, 0.25) is 0 Å². The Labute approximate surface area is 169 Å². The first-order chi connectivity index (χ1) is 13.6. The van der Waals surface area contributed by atoms with Gasteiger partial charge in [-0.1, -0.05) is 6.07 Å². The normalized spacial score (nSPS) is 11.8. The van der Waals surface area contributed by atoms with Crippen LogP contribution >= 0.6 is 0 Å². The highest BCUT2D eigenvalue weighted by Gasteiger charge is 2.17. The average Bonchev–Trinajstić information content (AvgIpc) is 2.65. The first kappa shape index (κ1) is 20.8. The molecule has 152 valence electrons. The van der Waals surface area contributed by atoms with E-state index < -0.39 is 25.9 Å². The van der Waals surface area contributed by atoms with Crippen molar-refractivity contribution < 1.29 is 21.2 Å². The number of rotatable bonds is 6. The number of hydrogen-bond acceptors (Lipinski definition) is 4. The molecule has 0 aliphatic heterocycles. The van der Waals surface area contributed by atoms with E-state index >= 15 is 0 Å². The van der Waals surface area contributed by atoms with Crippen molar-refractivity contribution in [3.8, 4) is 0 Å². The van der Waals surface area contributed by atoms with E-state index in [4.69, 9.17) is 0 Å². The van der Waals surface area contributed by atoms with Gasteiger partial charge in [0.15, 0.2) is 0 Å². The van der Waals surface area contributed by atoms with Gasteiger partial charge in [0.1, 0.15) is 5.82 Å². The summed E-state index contributed by atoms with van der Waals surface area (Å²) in [5.41, 5.74) is 2.62. The smallest absolute Gasteiger partial charge is 0.261 e. The molecule has 9 heteroatoms. The van der Waals surface area contributed by atoms with Crippen molar-refractivity contribution >= 4 is 31.4 Å². The molecular weight excluding hydrogens is 415 g/mol. The van der Waals surface area contributed by atoms with Crippen LogP contribution in [0.3, 0.4) is 0 Å². The third kappa shape index (κ3) is 4.93. The Morgan fingerprint density at radius 1 is 0.621 bits per heavy atom. The van der Waals surface area contributed by atoms with Gasteiger partial charge in [0.25, 0.3) is 20.0 Å². The lowest BCUT2D eigenvalue weighted by molar-refractivity contribution is 0.599. The van der Waals surface area contributed by atoms with E-state index in [1.165, 1.54) is 24.3 Å². The van der Waals surface area contributed by atoms with Crippen molar-refractivity contribution in [2.24, 2.45) is 0 Å². The van der Waals surface area contributed by atoms with Gasteiger partial charge >= 0.3 is 0 Å². The van der Waals surface area contributed by atoms with Gasteiger partial charge in [-0.2, -0.15) is 0 Å². The first-order valence-electron chi connectivity index (χ1n) is 8.55. The lowest BCUT2D eigenvalue weighted by atomic mass is 10.1. The molecule has 3 rings (SSSR count). The van der Waals surface area contributed by atoms with Crippen molar-refractivity contribution in [3.63, 3.8) is 0 Å². The molecule has 0 aliphatic carbocycles. The lowest BCUT2D eigenvalue weighted by Gasteiger charge is -2.11. The molecule has 0 saturated heterocycles. The maximum absolute atomic E-state index is 13.0. The molecule has 0 radical (unpaired) electrons. The van der Waals surface area contributed by atoms with Gasteiger partial charge in [0.05, 0.1) is 9.79 Å². The maximum atomic E-state index is 13.0. The Balaban J connectivity index is 1.78. The first-order valence-corrected chi connectivity index (χ1v) is 11.5. The highest BCUT2D eigenvalue weighted by atomic mass is 32.2. The summed E-state index contributed by atoms with van der Waals surface area (Å²) >= 11 is 0. The fraction of sp³-hybridized carbons (Fsp3) is 0.100. The summed E-state index contributed by atoms with van der Waals surface area (Å²) in [6.07, 6.45) is 0. The lowest BCUT2D eigenvalue weighted by Crippen LogP contribution is -2.14. The topological polar surface area (TPSA) is 92.3 Å². The summed E-state index contributed by atoms with van der Waals surface area (Å²) in [7, 11) is -7.75. The molecular formula is C20H19FN2O4S2. The highest BCUT2D eigenvalue weighted by Crippen LogP contribution is 2.22. The van der Waals surface area contributed by atoms with Crippen molar-refractivity contribution in [2.45, 2.75) is 23.6 Å². The molecule has 3 aromatic rings. The van der Waals surface area contributed by atoms with Crippen LogP contribution in [0.1, 0.15) is 11.1 Å². The van der Waals surface area contributed by atoms with E-state index in [1.54, 1.807) is 12.1 Å². The monoisotopic (exact) mass is 434 g/mol. The van der Waals surface area contributed by atoms with Gasteiger partial charge in [-0.15, -0.1) is 0 Å². The number of aryl methyl sites for hydroxylation is 2. The van der Waals surface area contributed by atoms with E-state index in [-0.39, 0.29) is 15.5 Å². The molecule has 6 nitrogen and oxygen atoms in total. The number of halogens is 1. The molecule has 29 heavy (non-hydrogen) atoms. The molecule has 0 amide bonds. The van der Waals surface area contributed by atoms with Crippen molar-refractivity contribution in [1.82, 2.24) is 0 Å². The van der Waals surface area contributed by atoms with E-state index in [9.17, 15) is 21.2 Å². The Kier molecular flexibility index (Phi) is 5.63. The summed E-state index contributed by atoms with van der Waals surface area (Å²) in [4.78, 5) is -0.118. The zero-order valence-electron chi connectivity index (χ0n) is 15.7. The molecule has 0 bridgehead atoms. The van der Waals surface area contributed by atoms with Crippen LogP contribution in [0, 0.1) is 19.7 Å². The van der Waals surface area contributed by atoms with Crippen LogP contribution in [0.25, 0.3) is 0 Å². The average molecular weight is 435 g/mol. The molecule has 0 aromatic heterocycles. The van der Waals surface area contributed by atoms with Gasteiger partial charge in [-0.3, -0.25) is 9.44 Å². The standard InChI is InChI=1S/C20H19FN2O4S2/c1-14-3-6-18(13-15(14)2)23-29(26,27)20-11-7-17(8-12-20)22-28(24,25)19-9-4-16(21)5-10-19/h3-13,22-23H,1-2H3. The fourth-order valence-corrected chi connectivity index (χ4v) is 4.66. The van der Waals surface area contributed by atoms with Crippen LogP contribution in [-0.2, 0) is 20.0 Å². The minimum Gasteiger partial charge on any atom is -0.280 e. The van der Waals surface area contributed by atoms with Crippen molar-refractivity contribution in [1.29, 1.82) is 0 Å². The number of nitrogens with one attached hydrogen (secondary N) is 2. The SMILES string of the molecule is Cc1ccc(NS(=O)(=O)c2ccc(NS(=O)(=O)c3ccc(F)cc3)cc2)cc1C.